The van der Waals surface area contributed by atoms with E-state index in [-0.39, 0.29) is 17.0 Å². The first kappa shape index (κ1) is 12.7. The Morgan fingerprint density at radius 1 is 0.889 bits per heavy atom. The number of hydrogen-bond donors (Lipinski definition) is 0. The highest BCUT2D eigenvalue weighted by Crippen LogP contribution is 2.06. The van der Waals surface area contributed by atoms with E-state index in [1.165, 1.54) is 11.1 Å². The maximum atomic E-state index is 4.36. The lowest BCUT2D eigenvalue weighted by molar-refractivity contribution is -0.662. The van der Waals surface area contributed by atoms with E-state index >= 15 is 0 Å². The predicted octanol–water partition coefficient (Wildman–Crippen LogP) is -0.425. The van der Waals surface area contributed by atoms with Gasteiger partial charge in [-0.15, -0.1) is 0 Å². The lowest BCUT2D eigenvalue weighted by Crippen LogP contribution is -3.00. The van der Waals surface area contributed by atoms with E-state index in [1.807, 2.05) is 36.7 Å². The first-order valence-corrected chi connectivity index (χ1v) is 5.70. The highest BCUT2D eigenvalue weighted by molar-refractivity contribution is 5.69. The van der Waals surface area contributed by atoms with Gasteiger partial charge in [0.2, 0.25) is 5.52 Å². The third-order valence-electron chi connectivity index (χ3n) is 2.85. The molecule has 0 bridgehead atoms. The minimum Gasteiger partial charge on any atom is -1.00 e. The second-order valence-electron chi connectivity index (χ2n) is 4.03. The summed E-state index contributed by atoms with van der Waals surface area (Å²) in [4.78, 5) is 4.36. The fourth-order valence-electron chi connectivity index (χ4n) is 2.01. The van der Waals surface area contributed by atoms with Gasteiger partial charge in [0.15, 0.2) is 12.7 Å². The molecule has 0 amide bonds. The van der Waals surface area contributed by atoms with Gasteiger partial charge < -0.3 is 17.0 Å². The van der Waals surface area contributed by atoms with Crippen LogP contribution in [0.5, 0.6) is 0 Å². The van der Waals surface area contributed by atoms with Gasteiger partial charge in [-0.25, -0.2) is 4.98 Å². The van der Waals surface area contributed by atoms with Crippen molar-refractivity contribution in [2.45, 2.75) is 6.54 Å². The van der Waals surface area contributed by atoms with Gasteiger partial charge in [-0.1, -0.05) is 42.5 Å². The fourth-order valence-corrected chi connectivity index (χ4v) is 2.01. The molecule has 3 rings (SSSR count). The summed E-state index contributed by atoms with van der Waals surface area (Å²) in [5, 5.41) is 0. The second-order valence-corrected chi connectivity index (χ2v) is 4.03. The van der Waals surface area contributed by atoms with Crippen molar-refractivity contribution in [2.75, 3.05) is 0 Å². The summed E-state index contributed by atoms with van der Waals surface area (Å²) in [5.41, 5.74) is 3.50. The van der Waals surface area contributed by atoms with Crippen LogP contribution >= 0.6 is 0 Å². The summed E-state index contributed by atoms with van der Waals surface area (Å²) in [6, 6.07) is 18.7. The zero-order valence-corrected chi connectivity index (χ0v) is 11.4. The molecule has 0 atom stereocenters. The standard InChI is InChI=1S/C15H13N2.BrH/c1-2-6-13(7-3-1)12-17-11-10-16-14-8-4-5-9-15(14)17;/h1-11H,12H2;1H/q+1;/p-1. The summed E-state index contributed by atoms with van der Waals surface area (Å²) >= 11 is 0. The minimum absolute atomic E-state index is 0. The molecule has 2 aromatic carbocycles. The number of fused-ring (bicyclic) bond motifs is 1. The van der Waals surface area contributed by atoms with E-state index in [1.54, 1.807) is 0 Å². The first-order chi connectivity index (χ1) is 8.43. The molecule has 3 heteroatoms. The number of aromatic nitrogens is 2. The van der Waals surface area contributed by atoms with Gasteiger partial charge in [0.1, 0.15) is 5.52 Å². The molecule has 0 saturated heterocycles. The topological polar surface area (TPSA) is 16.8 Å². The van der Waals surface area contributed by atoms with E-state index in [2.05, 4.69) is 39.9 Å². The predicted molar refractivity (Wildman–Crippen MR) is 67.5 cm³/mol. The molecule has 0 spiro atoms. The van der Waals surface area contributed by atoms with Crippen LogP contribution in [0.1, 0.15) is 5.56 Å². The molecule has 0 unspecified atom stereocenters. The monoisotopic (exact) mass is 300 g/mol. The average molecular weight is 301 g/mol. The third kappa shape index (κ3) is 2.57. The van der Waals surface area contributed by atoms with Crippen LogP contribution in [0, 0.1) is 0 Å². The average Bonchev–Trinajstić information content (AvgIpc) is 2.40. The van der Waals surface area contributed by atoms with Crippen LogP contribution in [0.2, 0.25) is 0 Å². The van der Waals surface area contributed by atoms with Crippen LogP contribution in [-0.4, -0.2) is 4.98 Å². The SMILES string of the molecule is [Br-].c1ccc(C[n+]2ccnc3ccccc32)cc1. The lowest BCUT2D eigenvalue weighted by Gasteiger charge is -2.00. The van der Waals surface area contributed by atoms with Gasteiger partial charge in [0.05, 0.1) is 6.20 Å². The van der Waals surface area contributed by atoms with Gasteiger partial charge in [-0.3, -0.25) is 0 Å². The van der Waals surface area contributed by atoms with Crippen molar-refractivity contribution in [3.8, 4) is 0 Å². The number of nitrogens with zero attached hydrogens (tertiary/aromatic N) is 2. The second kappa shape index (κ2) is 5.74. The van der Waals surface area contributed by atoms with E-state index < -0.39 is 0 Å². The van der Waals surface area contributed by atoms with Gasteiger partial charge >= 0.3 is 0 Å². The fraction of sp³-hybridized carbons (Fsp3) is 0.0667. The molecule has 0 N–H and O–H groups in total. The summed E-state index contributed by atoms with van der Waals surface area (Å²) < 4.78 is 2.22. The lowest BCUT2D eigenvalue weighted by atomic mass is 10.2. The Labute approximate surface area is 117 Å². The number of hydrogen-bond acceptors (Lipinski definition) is 1. The summed E-state index contributed by atoms with van der Waals surface area (Å²) in [6.07, 6.45) is 3.88. The van der Waals surface area contributed by atoms with Gasteiger partial charge in [0.25, 0.3) is 0 Å². The van der Waals surface area contributed by atoms with E-state index in [9.17, 15) is 0 Å². The number of halogens is 1. The highest BCUT2D eigenvalue weighted by atomic mass is 79.9. The van der Waals surface area contributed by atoms with E-state index in [0.717, 1.165) is 12.1 Å². The Balaban J connectivity index is 0.00000120. The van der Waals surface area contributed by atoms with Crippen molar-refractivity contribution in [1.29, 1.82) is 0 Å². The van der Waals surface area contributed by atoms with Gasteiger partial charge in [0, 0.05) is 11.6 Å². The van der Waals surface area contributed by atoms with Crippen LogP contribution in [0.15, 0.2) is 67.0 Å². The van der Waals surface area contributed by atoms with Gasteiger partial charge in [-0.05, 0) is 6.07 Å². The molecule has 0 aliphatic heterocycles. The molecule has 1 aromatic heterocycles. The Bertz CT molecular complexity index is 633. The van der Waals surface area contributed by atoms with Crippen molar-refractivity contribution >= 4 is 11.0 Å². The van der Waals surface area contributed by atoms with Crippen LogP contribution in [0.4, 0.5) is 0 Å². The van der Waals surface area contributed by atoms with Crippen LogP contribution in [0.3, 0.4) is 0 Å². The molecule has 3 aromatic rings. The van der Waals surface area contributed by atoms with Crippen molar-refractivity contribution in [3.05, 3.63) is 72.6 Å². The molecule has 18 heavy (non-hydrogen) atoms. The zero-order valence-electron chi connectivity index (χ0n) is 9.83. The molecule has 0 aliphatic rings. The molecular formula is C15H13BrN2. The molecule has 1 heterocycles. The molecule has 0 fully saturated rings. The van der Waals surface area contributed by atoms with Crippen molar-refractivity contribution in [2.24, 2.45) is 0 Å². The molecule has 0 radical (unpaired) electrons. The quantitative estimate of drug-likeness (QED) is 0.587. The minimum atomic E-state index is 0. The number of rotatable bonds is 2. The van der Waals surface area contributed by atoms with Crippen LogP contribution in [-0.2, 0) is 6.54 Å². The van der Waals surface area contributed by atoms with Gasteiger partial charge in [-0.2, -0.15) is 4.57 Å². The maximum absolute atomic E-state index is 4.36. The van der Waals surface area contributed by atoms with Crippen molar-refractivity contribution < 1.29 is 21.5 Å². The zero-order chi connectivity index (χ0) is 11.5. The molecule has 0 saturated carbocycles. The Hall–Kier alpha value is -1.74. The normalized spacial score (nSPS) is 10.0. The summed E-state index contributed by atoms with van der Waals surface area (Å²) in [6.45, 7) is 0.879. The maximum Gasteiger partial charge on any atom is 0.231 e. The van der Waals surface area contributed by atoms with Crippen LogP contribution in [0.25, 0.3) is 11.0 Å². The Morgan fingerprint density at radius 3 is 2.44 bits per heavy atom. The Kier molecular flexibility index (Phi) is 4.05. The largest absolute Gasteiger partial charge is 1.00 e. The smallest absolute Gasteiger partial charge is 0.231 e. The molecule has 2 nitrogen and oxygen atoms in total. The first-order valence-electron chi connectivity index (χ1n) is 5.70. The highest BCUT2D eigenvalue weighted by Gasteiger charge is 2.08. The van der Waals surface area contributed by atoms with E-state index in [4.69, 9.17) is 0 Å². The van der Waals surface area contributed by atoms with Crippen molar-refractivity contribution in [1.82, 2.24) is 4.98 Å². The summed E-state index contributed by atoms with van der Waals surface area (Å²) in [5.74, 6) is 0. The van der Waals surface area contributed by atoms with Crippen LogP contribution < -0.4 is 21.5 Å². The number of para-hydroxylation sites is 2. The summed E-state index contributed by atoms with van der Waals surface area (Å²) in [7, 11) is 0. The van der Waals surface area contributed by atoms with E-state index in [0.29, 0.717) is 0 Å². The molecular weight excluding hydrogens is 288 g/mol. The third-order valence-corrected chi connectivity index (χ3v) is 2.85. The molecule has 0 aliphatic carbocycles. The number of benzene rings is 2. The Morgan fingerprint density at radius 2 is 1.61 bits per heavy atom. The molecule has 90 valence electrons. The van der Waals surface area contributed by atoms with Crippen molar-refractivity contribution in [3.63, 3.8) is 0 Å².